The molecule has 0 aliphatic carbocycles. The van der Waals surface area contributed by atoms with Crippen molar-refractivity contribution < 1.29 is 9.18 Å². The normalized spacial score (nSPS) is 15.6. The average Bonchev–Trinajstić information content (AvgIpc) is 2.52. The lowest BCUT2D eigenvalue weighted by atomic mass is 10.00. The molecule has 24 heavy (non-hydrogen) atoms. The van der Waals surface area contributed by atoms with Crippen LogP contribution < -0.4 is 10.6 Å². The number of carbonyl (C=O) groups is 1. The summed E-state index contributed by atoms with van der Waals surface area (Å²) in [5, 5.41) is 5.89. The molecule has 0 atom stereocenters. The summed E-state index contributed by atoms with van der Waals surface area (Å²) >= 11 is 0. The fraction of sp³-hybridized carbons (Fsp3) is 0.529. The maximum Gasteiger partial charge on any atom is 0.246 e. The van der Waals surface area contributed by atoms with Crippen LogP contribution in [0.3, 0.4) is 0 Å². The summed E-state index contributed by atoms with van der Waals surface area (Å²) in [6, 6.07) is 5.85. The zero-order valence-corrected chi connectivity index (χ0v) is 16.5. The molecule has 0 bridgehead atoms. The third kappa shape index (κ3) is 6.62. The van der Waals surface area contributed by atoms with Crippen LogP contribution in [0.4, 0.5) is 10.1 Å². The van der Waals surface area contributed by atoms with Gasteiger partial charge < -0.3 is 15.5 Å². The van der Waals surface area contributed by atoms with Gasteiger partial charge in [0, 0.05) is 25.3 Å². The topological polar surface area (TPSA) is 56.7 Å². The van der Waals surface area contributed by atoms with Crippen LogP contribution in [0.25, 0.3) is 0 Å². The van der Waals surface area contributed by atoms with E-state index in [2.05, 4.69) is 27.4 Å². The van der Waals surface area contributed by atoms with Crippen molar-refractivity contribution in [2.75, 3.05) is 31.5 Å². The second-order valence-corrected chi connectivity index (χ2v) is 5.90. The Morgan fingerprint density at radius 2 is 2.08 bits per heavy atom. The summed E-state index contributed by atoms with van der Waals surface area (Å²) in [7, 11) is 0. The molecular formula is C17H26FIN4O. The van der Waals surface area contributed by atoms with Crippen molar-refractivity contribution in [3.05, 3.63) is 30.1 Å². The van der Waals surface area contributed by atoms with Crippen molar-refractivity contribution in [2.45, 2.75) is 26.7 Å². The summed E-state index contributed by atoms with van der Waals surface area (Å²) in [5.41, 5.74) is 0.446. The highest BCUT2D eigenvalue weighted by atomic mass is 127. The van der Waals surface area contributed by atoms with Crippen LogP contribution in [0.2, 0.25) is 0 Å². The number of piperidine rings is 1. The molecule has 0 unspecified atom stereocenters. The molecule has 0 radical (unpaired) electrons. The Morgan fingerprint density at radius 3 is 2.71 bits per heavy atom. The highest BCUT2D eigenvalue weighted by Crippen LogP contribution is 2.16. The molecule has 5 nitrogen and oxygen atoms in total. The molecular weight excluding hydrogens is 422 g/mol. The maximum atomic E-state index is 13.1. The maximum absolute atomic E-state index is 13.1. The minimum atomic E-state index is -0.373. The fourth-order valence-corrected chi connectivity index (χ4v) is 2.56. The van der Waals surface area contributed by atoms with E-state index in [1.807, 2.05) is 6.92 Å². The molecule has 1 aromatic carbocycles. The van der Waals surface area contributed by atoms with E-state index in [-0.39, 0.29) is 42.2 Å². The zero-order chi connectivity index (χ0) is 16.7. The SMILES string of the molecule is CCNC(=NCC(=O)Nc1cccc(F)c1)N1CCC(C)CC1.I. The van der Waals surface area contributed by atoms with Gasteiger partial charge in [0.2, 0.25) is 5.91 Å². The number of guanidine groups is 1. The summed E-state index contributed by atoms with van der Waals surface area (Å²) in [6.45, 7) is 6.96. The Balaban J connectivity index is 0.00000288. The first-order valence-corrected chi connectivity index (χ1v) is 8.17. The molecule has 1 fully saturated rings. The molecule has 7 heteroatoms. The van der Waals surface area contributed by atoms with Crippen molar-refractivity contribution in [2.24, 2.45) is 10.9 Å². The van der Waals surface area contributed by atoms with Gasteiger partial charge in [-0.05, 0) is 43.9 Å². The van der Waals surface area contributed by atoms with Crippen LogP contribution in [0.5, 0.6) is 0 Å². The highest BCUT2D eigenvalue weighted by Gasteiger charge is 2.18. The number of anilines is 1. The molecule has 0 saturated carbocycles. The number of benzene rings is 1. The Labute approximate surface area is 160 Å². The van der Waals surface area contributed by atoms with E-state index < -0.39 is 0 Å². The van der Waals surface area contributed by atoms with E-state index in [1.165, 1.54) is 12.1 Å². The van der Waals surface area contributed by atoms with E-state index in [0.717, 1.165) is 44.4 Å². The van der Waals surface area contributed by atoms with Crippen LogP contribution in [0.1, 0.15) is 26.7 Å². The van der Waals surface area contributed by atoms with E-state index in [1.54, 1.807) is 12.1 Å². The van der Waals surface area contributed by atoms with Crippen molar-refractivity contribution >= 4 is 41.5 Å². The highest BCUT2D eigenvalue weighted by molar-refractivity contribution is 14.0. The van der Waals surface area contributed by atoms with Gasteiger partial charge in [-0.15, -0.1) is 24.0 Å². The molecule has 1 aliphatic heterocycles. The van der Waals surface area contributed by atoms with Gasteiger partial charge >= 0.3 is 0 Å². The third-order valence-corrected chi connectivity index (χ3v) is 3.90. The van der Waals surface area contributed by atoms with Gasteiger partial charge in [0.15, 0.2) is 5.96 Å². The van der Waals surface area contributed by atoms with Crippen molar-refractivity contribution in [1.82, 2.24) is 10.2 Å². The van der Waals surface area contributed by atoms with Gasteiger partial charge in [-0.1, -0.05) is 13.0 Å². The van der Waals surface area contributed by atoms with E-state index in [0.29, 0.717) is 5.69 Å². The number of carbonyl (C=O) groups excluding carboxylic acids is 1. The van der Waals surface area contributed by atoms with Gasteiger partial charge in [0.1, 0.15) is 12.4 Å². The summed E-state index contributed by atoms with van der Waals surface area (Å²) in [4.78, 5) is 18.6. The molecule has 1 aromatic rings. The van der Waals surface area contributed by atoms with Crippen molar-refractivity contribution in [1.29, 1.82) is 0 Å². The van der Waals surface area contributed by atoms with E-state index in [4.69, 9.17) is 0 Å². The number of nitrogens with zero attached hydrogens (tertiary/aromatic N) is 2. The number of likely N-dealkylation sites (tertiary alicyclic amines) is 1. The van der Waals surface area contributed by atoms with E-state index in [9.17, 15) is 9.18 Å². The predicted molar refractivity (Wildman–Crippen MR) is 106 cm³/mol. The monoisotopic (exact) mass is 448 g/mol. The first-order chi connectivity index (χ1) is 11.1. The number of nitrogens with one attached hydrogen (secondary N) is 2. The molecule has 1 amide bonds. The minimum absolute atomic E-state index is 0. The van der Waals surface area contributed by atoms with E-state index >= 15 is 0 Å². The Morgan fingerprint density at radius 1 is 1.38 bits per heavy atom. The van der Waals surface area contributed by atoms with Crippen LogP contribution in [-0.4, -0.2) is 42.9 Å². The van der Waals surface area contributed by atoms with Gasteiger partial charge in [-0.3, -0.25) is 4.79 Å². The standard InChI is InChI=1S/C17H25FN4O.HI/c1-3-19-17(22-9-7-13(2)8-10-22)20-12-16(23)21-15-6-4-5-14(18)11-15;/h4-6,11,13H,3,7-10,12H2,1-2H3,(H,19,20)(H,21,23);1H. The third-order valence-electron chi connectivity index (χ3n) is 3.90. The minimum Gasteiger partial charge on any atom is -0.357 e. The molecule has 2 N–H and O–H groups in total. The molecule has 134 valence electrons. The summed E-state index contributed by atoms with van der Waals surface area (Å²) < 4.78 is 13.1. The van der Waals surface area contributed by atoms with Crippen molar-refractivity contribution in [3.63, 3.8) is 0 Å². The average molecular weight is 448 g/mol. The van der Waals surface area contributed by atoms with Crippen molar-refractivity contribution in [3.8, 4) is 0 Å². The molecule has 1 heterocycles. The quantitative estimate of drug-likeness (QED) is 0.423. The molecule has 2 rings (SSSR count). The number of rotatable bonds is 4. The van der Waals surface area contributed by atoms with Gasteiger partial charge in [-0.25, -0.2) is 9.38 Å². The van der Waals surface area contributed by atoms with Crippen LogP contribution in [-0.2, 0) is 4.79 Å². The van der Waals surface area contributed by atoms with Crippen LogP contribution in [0, 0.1) is 11.7 Å². The number of hydrogen-bond acceptors (Lipinski definition) is 2. The first kappa shape index (κ1) is 20.7. The summed E-state index contributed by atoms with van der Waals surface area (Å²) in [5.74, 6) is 0.887. The smallest absolute Gasteiger partial charge is 0.246 e. The van der Waals surface area contributed by atoms with Gasteiger partial charge in [0.25, 0.3) is 0 Å². The lowest BCUT2D eigenvalue weighted by Gasteiger charge is -2.32. The fourth-order valence-electron chi connectivity index (χ4n) is 2.56. The number of halogens is 2. The first-order valence-electron chi connectivity index (χ1n) is 8.17. The Hall–Kier alpha value is -1.38. The second-order valence-electron chi connectivity index (χ2n) is 5.90. The molecule has 0 spiro atoms. The summed E-state index contributed by atoms with van der Waals surface area (Å²) in [6.07, 6.45) is 2.28. The number of aliphatic imine (C=N–C) groups is 1. The second kappa shape index (κ2) is 10.5. The molecule has 1 saturated heterocycles. The van der Waals surface area contributed by atoms with Gasteiger partial charge in [-0.2, -0.15) is 0 Å². The largest absolute Gasteiger partial charge is 0.357 e. The lowest BCUT2D eigenvalue weighted by Crippen LogP contribution is -2.45. The molecule has 0 aromatic heterocycles. The van der Waals surface area contributed by atoms with Crippen LogP contribution in [0.15, 0.2) is 29.3 Å². The Bertz CT molecular complexity index is 559. The van der Waals surface area contributed by atoms with Crippen LogP contribution >= 0.6 is 24.0 Å². The predicted octanol–water partition coefficient (Wildman–Crippen LogP) is 3.08. The molecule has 1 aliphatic rings. The zero-order valence-electron chi connectivity index (χ0n) is 14.2. The number of hydrogen-bond donors (Lipinski definition) is 2. The van der Waals surface area contributed by atoms with Gasteiger partial charge in [0.05, 0.1) is 0 Å². The Kier molecular flexibility index (Phi) is 9.02. The lowest BCUT2D eigenvalue weighted by molar-refractivity contribution is -0.114. The number of amides is 1.